The van der Waals surface area contributed by atoms with Gasteiger partial charge in [-0.05, 0) is 19.1 Å². The van der Waals surface area contributed by atoms with Crippen LogP contribution in [0.1, 0.15) is 21.9 Å². The maximum Gasteiger partial charge on any atom is 0.339 e. The molecule has 5 nitrogen and oxygen atoms in total. The lowest BCUT2D eigenvalue weighted by molar-refractivity contribution is 0.0695. The number of thioether (sulfide) groups is 1. The first-order chi connectivity index (χ1) is 10.1. The first kappa shape index (κ1) is 13.6. The van der Waals surface area contributed by atoms with Gasteiger partial charge >= 0.3 is 5.97 Å². The van der Waals surface area contributed by atoms with Crippen LogP contribution in [0.4, 0.5) is 0 Å². The van der Waals surface area contributed by atoms with Gasteiger partial charge in [0.1, 0.15) is 28.4 Å². The van der Waals surface area contributed by atoms with Crippen LogP contribution in [-0.4, -0.2) is 21.0 Å². The first-order valence-electron chi connectivity index (χ1n) is 6.30. The Labute approximate surface area is 125 Å². The van der Waals surface area contributed by atoms with E-state index in [9.17, 15) is 4.79 Å². The molecule has 106 valence electrons. The Bertz CT molecular complexity index is 808. The second kappa shape index (κ2) is 5.57. The SMILES string of the molecule is Cc1oc(CSc2ncnc3ccccc23)cc1C(=O)O. The number of nitrogens with zero attached hydrogens (tertiary/aromatic N) is 2. The van der Waals surface area contributed by atoms with Gasteiger partial charge in [-0.15, -0.1) is 0 Å². The van der Waals surface area contributed by atoms with Crippen molar-refractivity contribution in [1.29, 1.82) is 0 Å². The van der Waals surface area contributed by atoms with Crippen LogP contribution >= 0.6 is 11.8 Å². The zero-order valence-corrected chi connectivity index (χ0v) is 12.1. The topological polar surface area (TPSA) is 76.2 Å². The quantitative estimate of drug-likeness (QED) is 0.587. The minimum Gasteiger partial charge on any atom is -0.478 e. The van der Waals surface area contributed by atoms with Gasteiger partial charge in [0.05, 0.1) is 11.3 Å². The van der Waals surface area contributed by atoms with Crippen molar-refractivity contribution in [2.75, 3.05) is 0 Å². The molecule has 0 aliphatic rings. The van der Waals surface area contributed by atoms with E-state index >= 15 is 0 Å². The van der Waals surface area contributed by atoms with Crippen LogP contribution in [0.3, 0.4) is 0 Å². The number of carbonyl (C=O) groups is 1. The Hall–Kier alpha value is -2.34. The Morgan fingerprint density at radius 1 is 1.33 bits per heavy atom. The monoisotopic (exact) mass is 300 g/mol. The van der Waals surface area contributed by atoms with Crippen molar-refractivity contribution in [2.24, 2.45) is 0 Å². The fraction of sp³-hybridized carbons (Fsp3) is 0.133. The highest BCUT2D eigenvalue weighted by Gasteiger charge is 2.14. The summed E-state index contributed by atoms with van der Waals surface area (Å²) in [6, 6.07) is 9.33. The molecular formula is C15H12N2O3S. The smallest absolute Gasteiger partial charge is 0.339 e. The molecule has 0 bridgehead atoms. The van der Waals surface area contributed by atoms with Gasteiger partial charge in [0.15, 0.2) is 0 Å². The number of rotatable bonds is 4. The van der Waals surface area contributed by atoms with E-state index in [2.05, 4.69) is 9.97 Å². The van der Waals surface area contributed by atoms with Gasteiger partial charge in [-0.3, -0.25) is 0 Å². The van der Waals surface area contributed by atoms with Gasteiger partial charge < -0.3 is 9.52 Å². The number of carboxylic acids is 1. The largest absolute Gasteiger partial charge is 0.478 e. The number of carboxylic acid groups (broad SMARTS) is 1. The number of furan rings is 1. The summed E-state index contributed by atoms with van der Waals surface area (Å²) < 4.78 is 5.46. The molecular weight excluding hydrogens is 288 g/mol. The normalized spacial score (nSPS) is 10.9. The minimum atomic E-state index is -0.972. The summed E-state index contributed by atoms with van der Waals surface area (Å²) in [5, 5.41) is 10.8. The van der Waals surface area contributed by atoms with Crippen LogP contribution < -0.4 is 0 Å². The summed E-state index contributed by atoms with van der Waals surface area (Å²) in [7, 11) is 0. The molecule has 0 radical (unpaired) electrons. The molecule has 0 unspecified atom stereocenters. The maximum atomic E-state index is 11.0. The van der Waals surface area contributed by atoms with Gasteiger partial charge in [-0.1, -0.05) is 30.0 Å². The lowest BCUT2D eigenvalue weighted by atomic mass is 10.2. The Morgan fingerprint density at radius 3 is 2.90 bits per heavy atom. The van der Waals surface area contributed by atoms with Gasteiger partial charge in [-0.25, -0.2) is 14.8 Å². The number of hydrogen-bond donors (Lipinski definition) is 1. The standard InChI is InChI=1S/C15H12N2O3S/c1-9-12(15(18)19)6-10(20-9)7-21-14-11-4-2-3-5-13(11)16-8-17-14/h2-6,8H,7H2,1H3,(H,18,19). The number of para-hydroxylation sites is 1. The van der Waals surface area contributed by atoms with E-state index in [1.54, 1.807) is 13.0 Å². The Kier molecular flexibility index (Phi) is 3.62. The van der Waals surface area contributed by atoms with E-state index < -0.39 is 5.97 Å². The van der Waals surface area contributed by atoms with Gasteiger partial charge in [0, 0.05) is 5.39 Å². The van der Waals surface area contributed by atoms with E-state index in [4.69, 9.17) is 9.52 Å². The molecule has 2 aromatic heterocycles. The molecule has 0 atom stereocenters. The second-order valence-corrected chi connectivity index (χ2v) is 5.44. The molecule has 21 heavy (non-hydrogen) atoms. The molecule has 0 saturated carbocycles. The van der Waals surface area contributed by atoms with Gasteiger partial charge in [0.25, 0.3) is 0 Å². The molecule has 0 fully saturated rings. The predicted molar refractivity (Wildman–Crippen MR) is 79.5 cm³/mol. The van der Waals surface area contributed by atoms with Crippen LogP contribution in [0.25, 0.3) is 10.9 Å². The highest BCUT2D eigenvalue weighted by atomic mass is 32.2. The summed E-state index contributed by atoms with van der Waals surface area (Å²) in [4.78, 5) is 19.5. The van der Waals surface area contributed by atoms with Crippen molar-refractivity contribution in [3.63, 3.8) is 0 Å². The fourth-order valence-electron chi connectivity index (χ4n) is 2.06. The second-order valence-electron chi connectivity index (χ2n) is 4.47. The lowest BCUT2D eigenvalue weighted by Gasteiger charge is -2.02. The van der Waals surface area contributed by atoms with Crippen molar-refractivity contribution < 1.29 is 14.3 Å². The van der Waals surface area contributed by atoms with E-state index in [1.165, 1.54) is 18.1 Å². The van der Waals surface area contributed by atoms with Crippen LogP contribution in [0, 0.1) is 6.92 Å². The highest BCUT2D eigenvalue weighted by molar-refractivity contribution is 7.98. The van der Waals surface area contributed by atoms with E-state index in [1.807, 2.05) is 24.3 Å². The molecule has 1 N–H and O–H groups in total. The van der Waals surface area contributed by atoms with Crippen molar-refractivity contribution in [1.82, 2.24) is 9.97 Å². The third-order valence-electron chi connectivity index (χ3n) is 3.06. The average Bonchev–Trinajstić information content (AvgIpc) is 2.86. The molecule has 0 amide bonds. The molecule has 2 heterocycles. The minimum absolute atomic E-state index is 0.207. The van der Waals surface area contributed by atoms with E-state index in [0.717, 1.165) is 15.9 Å². The van der Waals surface area contributed by atoms with Crippen LogP contribution in [0.2, 0.25) is 0 Å². The summed E-state index contributed by atoms with van der Waals surface area (Å²) in [5.74, 6) is 0.595. The molecule has 0 aliphatic heterocycles. The third kappa shape index (κ3) is 2.75. The summed E-state index contributed by atoms with van der Waals surface area (Å²) in [5.41, 5.74) is 1.09. The highest BCUT2D eigenvalue weighted by Crippen LogP contribution is 2.28. The maximum absolute atomic E-state index is 11.0. The fourth-order valence-corrected chi connectivity index (χ4v) is 2.93. The number of hydrogen-bond acceptors (Lipinski definition) is 5. The molecule has 0 saturated heterocycles. The number of aromatic carboxylic acids is 1. The molecule has 1 aromatic carbocycles. The average molecular weight is 300 g/mol. The van der Waals surface area contributed by atoms with Crippen LogP contribution in [0.5, 0.6) is 0 Å². The molecule has 0 aliphatic carbocycles. The predicted octanol–water partition coefficient (Wildman–Crippen LogP) is 3.52. The summed E-state index contributed by atoms with van der Waals surface area (Å²) in [6.07, 6.45) is 1.53. The van der Waals surface area contributed by atoms with E-state index in [0.29, 0.717) is 17.3 Å². The van der Waals surface area contributed by atoms with Crippen molar-refractivity contribution in [3.05, 3.63) is 53.7 Å². The third-order valence-corrected chi connectivity index (χ3v) is 4.08. The van der Waals surface area contributed by atoms with Crippen molar-refractivity contribution in [3.8, 4) is 0 Å². The van der Waals surface area contributed by atoms with Crippen LogP contribution in [0.15, 0.2) is 46.1 Å². The molecule has 3 rings (SSSR count). The summed E-state index contributed by atoms with van der Waals surface area (Å²) in [6.45, 7) is 1.65. The molecule has 0 spiro atoms. The van der Waals surface area contributed by atoms with Gasteiger partial charge in [0.2, 0.25) is 0 Å². The Balaban J connectivity index is 1.84. The van der Waals surface area contributed by atoms with Gasteiger partial charge in [-0.2, -0.15) is 0 Å². The number of aryl methyl sites for hydroxylation is 1. The van der Waals surface area contributed by atoms with Crippen molar-refractivity contribution >= 4 is 28.6 Å². The molecule has 3 aromatic rings. The zero-order valence-electron chi connectivity index (χ0n) is 11.2. The van der Waals surface area contributed by atoms with E-state index in [-0.39, 0.29) is 5.56 Å². The zero-order chi connectivity index (χ0) is 14.8. The lowest BCUT2D eigenvalue weighted by Crippen LogP contribution is -1.94. The van der Waals surface area contributed by atoms with Crippen LogP contribution in [-0.2, 0) is 5.75 Å². The number of benzene rings is 1. The Morgan fingerprint density at radius 2 is 2.14 bits per heavy atom. The van der Waals surface area contributed by atoms with Crippen molar-refractivity contribution in [2.45, 2.75) is 17.7 Å². The number of aromatic nitrogens is 2. The number of fused-ring (bicyclic) bond motifs is 1. The molecule has 6 heteroatoms. The first-order valence-corrected chi connectivity index (χ1v) is 7.29. The summed E-state index contributed by atoms with van der Waals surface area (Å²) >= 11 is 1.50.